The van der Waals surface area contributed by atoms with Crippen molar-refractivity contribution in [3.05, 3.63) is 78.9 Å². The fourth-order valence-electron chi connectivity index (χ4n) is 4.34. The van der Waals surface area contributed by atoms with E-state index in [-0.39, 0.29) is 17.2 Å². The highest BCUT2D eigenvalue weighted by Crippen LogP contribution is 2.46. The van der Waals surface area contributed by atoms with Crippen LogP contribution in [0.5, 0.6) is 11.5 Å². The van der Waals surface area contributed by atoms with E-state index in [0.29, 0.717) is 65.9 Å². The molecule has 35 heavy (non-hydrogen) atoms. The predicted molar refractivity (Wildman–Crippen MR) is 139 cm³/mol. The van der Waals surface area contributed by atoms with Gasteiger partial charge >= 0.3 is 5.97 Å². The maximum absolute atomic E-state index is 13.0. The highest BCUT2D eigenvalue weighted by molar-refractivity contribution is 14.1. The summed E-state index contributed by atoms with van der Waals surface area (Å²) in [6, 6.07) is 11.1. The van der Waals surface area contributed by atoms with Crippen LogP contribution in [0.25, 0.3) is 0 Å². The number of ether oxygens (including phenoxy) is 4. The Bertz CT molecular complexity index is 1240. The van der Waals surface area contributed by atoms with E-state index in [4.69, 9.17) is 36.3 Å². The van der Waals surface area contributed by atoms with Crippen molar-refractivity contribution in [2.75, 3.05) is 13.7 Å². The number of nitrogens with two attached hydrogens (primary N) is 1. The first-order valence-corrected chi connectivity index (χ1v) is 12.6. The second-order valence-corrected chi connectivity index (χ2v) is 9.70. The summed E-state index contributed by atoms with van der Waals surface area (Å²) in [6.07, 6.45) is 1.62. The van der Waals surface area contributed by atoms with Crippen molar-refractivity contribution in [3.8, 4) is 11.5 Å². The number of carbonyl (C=O) groups excluding carboxylic acids is 2. The van der Waals surface area contributed by atoms with E-state index in [2.05, 4.69) is 22.6 Å². The van der Waals surface area contributed by atoms with Crippen LogP contribution in [0.4, 0.5) is 0 Å². The second-order valence-electron chi connectivity index (χ2n) is 8.10. The maximum Gasteiger partial charge on any atom is 0.340 e. The molecule has 9 heteroatoms. The Labute approximate surface area is 222 Å². The van der Waals surface area contributed by atoms with Gasteiger partial charge in [-0.05, 0) is 71.3 Å². The summed E-state index contributed by atoms with van der Waals surface area (Å²) in [5, 5.41) is 0.627. The van der Waals surface area contributed by atoms with Crippen LogP contribution in [0.3, 0.4) is 0 Å². The zero-order chi connectivity index (χ0) is 25.1. The van der Waals surface area contributed by atoms with Crippen molar-refractivity contribution in [2.45, 2.75) is 38.7 Å². The smallest absolute Gasteiger partial charge is 0.340 e. The Morgan fingerprint density at radius 2 is 2.03 bits per heavy atom. The third-order valence-electron chi connectivity index (χ3n) is 5.83. The molecule has 2 aromatic carbocycles. The molecule has 0 radical (unpaired) electrons. The lowest BCUT2D eigenvalue weighted by Crippen LogP contribution is -2.31. The van der Waals surface area contributed by atoms with Gasteiger partial charge in [0, 0.05) is 23.4 Å². The number of hydrogen-bond acceptors (Lipinski definition) is 7. The molecule has 0 saturated heterocycles. The zero-order valence-electron chi connectivity index (χ0n) is 19.4. The number of benzene rings is 2. The van der Waals surface area contributed by atoms with Gasteiger partial charge in [-0.2, -0.15) is 0 Å². The summed E-state index contributed by atoms with van der Waals surface area (Å²) < 4.78 is 23.5. The van der Waals surface area contributed by atoms with Gasteiger partial charge in [-0.3, -0.25) is 4.79 Å². The standard InChI is InChI=1S/C26H25ClINO6/c1-3-33-20-12-15(11-17(28)24(20)34-13-14-6-4-7-16(27)10-14)21-22-18(30)8-5-9-19(22)35-25(29)23(21)26(31)32-2/h4,6-7,10-12,21H,3,5,8-9,13,29H2,1-2H3/t21-/m0/s1. The molecule has 4 rings (SSSR count). The van der Waals surface area contributed by atoms with Crippen molar-refractivity contribution in [1.82, 2.24) is 0 Å². The van der Waals surface area contributed by atoms with Crippen LogP contribution in [0.1, 0.15) is 43.2 Å². The van der Waals surface area contributed by atoms with Gasteiger partial charge in [-0.25, -0.2) is 4.79 Å². The molecule has 7 nitrogen and oxygen atoms in total. The van der Waals surface area contributed by atoms with Crippen LogP contribution < -0.4 is 15.2 Å². The molecular formula is C26H25ClINO6. The average molecular weight is 610 g/mol. The number of hydrogen-bond donors (Lipinski definition) is 1. The fraction of sp³-hybridized carbons (Fsp3) is 0.308. The number of Topliss-reactive ketones (excluding diaryl/α,β-unsaturated/α-hetero) is 1. The van der Waals surface area contributed by atoms with Crippen LogP contribution in [0.2, 0.25) is 5.02 Å². The molecule has 0 bridgehead atoms. The summed E-state index contributed by atoms with van der Waals surface area (Å²) in [6.45, 7) is 2.56. The minimum absolute atomic E-state index is 0.0513. The number of rotatable bonds is 7. The van der Waals surface area contributed by atoms with E-state index >= 15 is 0 Å². The van der Waals surface area contributed by atoms with Crippen molar-refractivity contribution < 1.29 is 28.5 Å². The number of ketones is 1. The van der Waals surface area contributed by atoms with Crippen molar-refractivity contribution >= 4 is 45.9 Å². The van der Waals surface area contributed by atoms with Gasteiger partial charge in [0.05, 0.1) is 23.2 Å². The van der Waals surface area contributed by atoms with Gasteiger partial charge in [0.1, 0.15) is 17.9 Å². The molecular weight excluding hydrogens is 585 g/mol. The third kappa shape index (κ3) is 5.28. The normalized spacial score (nSPS) is 17.6. The van der Waals surface area contributed by atoms with Crippen LogP contribution in [-0.2, 0) is 25.7 Å². The fourth-order valence-corrected chi connectivity index (χ4v) is 5.33. The number of carbonyl (C=O) groups is 2. The molecule has 1 aliphatic heterocycles. The molecule has 2 aliphatic rings. The lowest BCUT2D eigenvalue weighted by atomic mass is 9.77. The maximum atomic E-state index is 13.0. The highest BCUT2D eigenvalue weighted by atomic mass is 127. The van der Waals surface area contributed by atoms with E-state index in [1.165, 1.54) is 7.11 Å². The first-order chi connectivity index (χ1) is 16.8. The van der Waals surface area contributed by atoms with Crippen LogP contribution in [0, 0.1) is 3.57 Å². The zero-order valence-corrected chi connectivity index (χ0v) is 22.3. The number of halogens is 2. The third-order valence-corrected chi connectivity index (χ3v) is 6.86. The number of allylic oxidation sites excluding steroid dienone is 2. The molecule has 1 atom stereocenters. The van der Waals surface area contributed by atoms with E-state index < -0.39 is 11.9 Å². The molecule has 184 valence electrons. The molecule has 0 saturated carbocycles. The molecule has 1 aliphatic carbocycles. The average Bonchev–Trinajstić information content (AvgIpc) is 2.82. The van der Waals surface area contributed by atoms with Crippen molar-refractivity contribution in [2.24, 2.45) is 5.73 Å². The quantitative estimate of drug-likeness (QED) is 0.332. The van der Waals surface area contributed by atoms with Gasteiger partial charge in [0.25, 0.3) is 0 Å². The van der Waals surface area contributed by atoms with Crippen molar-refractivity contribution in [3.63, 3.8) is 0 Å². The molecule has 2 N–H and O–H groups in total. The predicted octanol–water partition coefficient (Wildman–Crippen LogP) is 5.39. The molecule has 2 aromatic rings. The summed E-state index contributed by atoms with van der Waals surface area (Å²) in [4.78, 5) is 25.8. The van der Waals surface area contributed by atoms with Gasteiger partial charge in [-0.1, -0.05) is 23.7 Å². The van der Waals surface area contributed by atoms with Crippen LogP contribution >= 0.6 is 34.2 Å². The largest absolute Gasteiger partial charge is 0.490 e. The van der Waals surface area contributed by atoms with E-state index in [1.54, 1.807) is 12.1 Å². The first kappa shape index (κ1) is 25.4. The minimum atomic E-state index is -0.728. The molecule has 0 unspecified atom stereocenters. The summed E-state index contributed by atoms with van der Waals surface area (Å²) in [5.74, 6) is 0.0649. The lowest BCUT2D eigenvalue weighted by Gasteiger charge is -2.32. The van der Waals surface area contributed by atoms with E-state index in [9.17, 15) is 9.59 Å². The molecule has 0 spiro atoms. The molecule has 0 aromatic heterocycles. The number of esters is 1. The van der Waals surface area contributed by atoms with Gasteiger partial charge in [-0.15, -0.1) is 0 Å². The number of methoxy groups -OCH3 is 1. The van der Waals surface area contributed by atoms with Gasteiger partial charge < -0.3 is 24.7 Å². The topological polar surface area (TPSA) is 97.1 Å². The first-order valence-electron chi connectivity index (χ1n) is 11.2. The Morgan fingerprint density at radius 1 is 1.23 bits per heavy atom. The Morgan fingerprint density at radius 3 is 2.74 bits per heavy atom. The summed E-state index contributed by atoms with van der Waals surface area (Å²) in [7, 11) is 1.27. The second kappa shape index (κ2) is 10.9. The van der Waals surface area contributed by atoms with Crippen LogP contribution in [-0.4, -0.2) is 25.5 Å². The molecule has 0 amide bonds. The van der Waals surface area contributed by atoms with E-state index in [1.807, 2.05) is 31.2 Å². The lowest BCUT2D eigenvalue weighted by molar-refractivity contribution is -0.136. The monoisotopic (exact) mass is 609 g/mol. The molecule has 0 fully saturated rings. The highest BCUT2D eigenvalue weighted by Gasteiger charge is 2.41. The van der Waals surface area contributed by atoms with Crippen LogP contribution in [0.15, 0.2) is 59.2 Å². The Balaban J connectivity index is 1.79. The van der Waals surface area contributed by atoms with E-state index in [0.717, 1.165) is 9.13 Å². The Kier molecular flexibility index (Phi) is 7.91. The molecule has 1 heterocycles. The van der Waals surface area contributed by atoms with Crippen molar-refractivity contribution in [1.29, 1.82) is 0 Å². The van der Waals surface area contributed by atoms with Gasteiger partial charge in [0.15, 0.2) is 17.3 Å². The summed E-state index contributed by atoms with van der Waals surface area (Å²) >= 11 is 8.26. The summed E-state index contributed by atoms with van der Waals surface area (Å²) in [5.41, 5.74) is 8.29. The Hall–Kier alpha value is -2.72. The SMILES string of the molecule is CCOc1cc([C@@H]2C(C(=O)OC)=C(N)OC3=C2C(=O)CCC3)cc(I)c1OCc1cccc(Cl)c1. The van der Waals surface area contributed by atoms with Gasteiger partial charge in [0.2, 0.25) is 5.88 Å². The minimum Gasteiger partial charge on any atom is -0.490 e.